The van der Waals surface area contributed by atoms with Crippen LogP contribution in [0.1, 0.15) is 25.7 Å². The van der Waals surface area contributed by atoms with Gasteiger partial charge in [-0.25, -0.2) is 0 Å². The Bertz CT molecular complexity index is 225. The smallest absolute Gasteiger partial charge is 0.230 e. The summed E-state index contributed by atoms with van der Waals surface area (Å²) < 4.78 is 0. The van der Waals surface area contributed by atoms with Gasteiger partial charge in [-0.3, -0.25) is 9.59 Å². The van der Waals surface area contributed by atoms with Crippen molar-refractivity contribution in [2.24, 2.45) is 11.7 Å². The molecular formula is C9H15BrN2O2. The summed E-state index contributed by atoms with van der Waals surface area (Å²) in [6.45, 7) is 0. The second-order valence-electron chi connectivity index (χ2n) is 3.65. The topological polar surface area (TPSA) is 72.2 Å². The van der Waals surface area contributed by atoms with E-state index in [2.05, 4.69) is 21.2 Å². The molecule has 0 aromatic heterocycles. The fraction of sp³-hybridized carbons (Fsp3) is 0.778. The van der Waals surface area contributed by atoms with Crippen LogP contribution in [0.2, 0.25) is 0 Å². The highest BCUT2D eigenvalue weighted by atomic mass is 79.9. The summed E-state index contributed by atoms with van der Waals surface area (Å²) >= 11 is 3.09. The largest absolute Gasteiger partial charge is 0.369 e. The lowest BCUT2D eigenvalue weighted by Gasteiger charge is -2.27. The Hall–Kier alpha value is -0.580. The highest BCUT2D eigenvalue weighted by molar-refractivity contribution is 9.09. The van der Waals surface area contributed by atoms with Crippen LogP contribution in [0.5, 0.6) is 0 Å². The van der Waals surface area contributed by atoms with Gasteiger partial charge in [0, 0.05) is 12.0 Å². The van der Waals surface area contributed by atoms with Crippen LogP contribution in [0, 0.1) is 5.92 Å². The number of amides is 2. The third-order valence-corrected chi connectivity index (χ3v) is 3.13. The van der Waals surface area contributed by atoms with Crippen molar-refractivity contribution < 1.29 is 9.59 Å². The third-order valence-electron chi connectivity index (χ3n) is 2.62. The van der Waals surface area contributed by atoms with Gasteiger partial charge in [0.05, 0.1) is 5.33 Å². The van der Waals surface area contributed by atoms with E-state index in [4.69, 9.17) is 5.73 Å². The predicted molar refractivity (Wildman–Crippen MR) is 56.9 cm³/mol. The molecule has 5 heteroatoms. The minimum absolute atomic E-state index is 0.00659. The SMILES string of the molecule is NC(=O)C1CCC(NC(=O)CBr)CC1. The summed E-state index contributed by atoms with van der Waals surface area (Å²) in [5.41, 5.74) is 5.21. The van der Waals surface area contributed by atoms with Gasteiger partial charge in [0.25, 0.3) is 0 Å². The molecule has 0 atom stereocenters. The maximum atomic E-state index is 11.0. The van der Waals surface area contributed by atoms with Crippen molar-refractivity contribution in [3.05, 3.63) is 0 Å². The molecule has 1 fully saturated rings. The molecule has 4 nitrogen and oxygen atoms in total. The number of rotatable bonds is 3. The standard InChI is InChI=1S/C9H15BrN2O2/c10-5-8(13)12-7-3-1-6(2-4-7)9(11)14/h6-7H,1-5H2,(H2,11,14)(H,12,13). The summed E-state index contributed by atoms with van der Waals surface area (Å²) in [6.07, 6.45) is 3.30. The molecule has 1 aliphatic rings. The molecule has 0 bridgehead atoms. The van der Waals surface area contributed by atoms with Crippen LogP contribution in [0.4, 0.5) is 0 Å². The number of primary amides is 1. The van der Waals surface area contributed by atoms with E-state index in [1.807, 2.05) is 0 Å². The van der Waals surface area contributed by atoms with Gasteiger partial charge in [0.1, 0.15) is 0 Å². The van der Waals surface area contributed by atoms with E-state index in [1.54, 1.807) is 0 Å². The molecule has 0 unspecified atom stereocenters. The summed E-state index contributed by atoms with van der Waals surface area (Å²) in [6, 6.07) is 0.218. The molecule has 3 N–H and O–H groups in total. The lowest BCUT2D eigenvalue weighted by atomic mass is 9.85. The number of hydrogen-bond donors (Lipinski definition) is 2. The second kappa shape index (κ2) is 5.34. The molecule has 1 rings (SSSR count). The minimum Gasteiger partial charge on any atom is -0.369 e. The average molecular weight is 263 g/mol. The quantitative estimate of drug-likeness (QED) is 0.729. The first-order valence-corrected chi connectivity index (χ1v) is 5.90. The summed E-state index contributed by atoms with van der Waals surface area (Å²) in [5, 5.41) is 3.23. The minimum atomic E-state index is -0.213. The molecule has 0 heterocycles. The van der Waals surface area contributed by atoms with Crippen molar-refractivity contribution >= 4 is 27.7 Å². The van der Waals surface area contributed by atoms with Crippen LogP contribution >= 0.6 is 15.9 Å². The van der Waals surface area contributed by atoms with Crippen LogP contribution in [-0.4, -0.2) is 23.2 Å². The van der Waals surface area contributed by atoms with E-state index >= 15 is 0 Å². The molecule has 0 spiro atoms. The lowest BCUT2D eigenvalue weighted by Crippen LogP contribution is -2.40. The van der Waals surface area contributed by atoms with Gasteiger partial charge in [-0.1, -0.05) is 15.9 Å². The molecule has 0 aromatic carbocycles. The van der Waals surface area contributed by atoms with Gasteiger partial charge in [-0.05, 0) is 25.7 Å². The van der Waals surface area contributed by atoms with Crippen molar-refractivity contribution in [3.8, 4) is 0 Å². The second-order valence-corrected chi connectivity index (χ2v) is 4.21. The highest BCUT2D eigenvalue weighted by Gasteiger charge is 2.25. The maximum absolute atomic E-state index is 11.0. The first kappa shape index (κ1) is 11.5. The molecule has 80 valence electrons. The number of nitrogens with two attached hydrogens (primary N) is 1. The van der Waals surface area contributed by atoms with Crippen molar-refractivity contribution in [2.75, 3.05) is 5.33 Å². The number of nitrogens with one attached hydrogen (secondary N) is 1. The lowest BCUT2D eigenvalue weighted by molar-refractivity contribution is -0.122. The van der Waals surface area contributed by atoms with Gasteiger partial charge >= 0.3 is 0 Å². The van der Waals surface area contributed by atoms with Crippen LogP contribution in [-0.2, 0) is 9.59 Å². The zero-order valence-electron chi connectivity index (χ0n) is 7.96. The Morgan fingerprint density at radius 3 is 2.29 bits per heavy atom. The van der Waals surface area contributed by atoms with Crippen LogP contribution in [0.15, 0.2) is 0 Å². The van der Waals surface area contributed by atoms with Crippen LogP contribution in [0.25, 0.3) is 0 Å². The fourth-order valence-electron chi connectivity index (χ4n) is 1.79. The van der Waals surface area contributed by atoms with E-state index in [-0.39, 0.29) is 23.8 Å². The Morgan fingerprint density at radius 1 is 1.29 bits per heavy atom. The van der Waals surface area contributed by atoms with E-state index < -0.39 is 0 Å². The molecule has 14 heavy (non-hydrogen) atoms. The number of halogens is 1. The van der Waals surface area contributed by atoms with Gasteiger partial charge in [0.15, 0.2) is 0 Å². The first-order valence-electron chi connectivity index (χ1n) is 4.78. The molecule has 1 saturated carbocycles. The summed E-state index contributed by atoms with van der Waals surface area (Å²) in [7, 11) is 0. The molecule has 0 saturated heterocycles. The van der Waals surface area contributed by atoms with Crippen LogP contribution < -0.4 is 11.1 Å². The maximum Gasteiger partial charge on any atom is 0.230 e. The Morgan fingerprint density at radius 2 is 1.86 bits per heavy atom. The number of carbonyl (C=O) groups is 2. The molecule has 0 aromatic rings. The summed E-state index contributed by atoms with van der Waals surface area (Å²) in [4.78, 5) is 21.9. The average Bonchev–Trinajstić information content (AvgIpc) is 2.18. The Labute approximate surface area is 91.7 Å². The molecule has 1 aliphatic carbocycles. The Balaban J connectivity index is 2.29. The zero-order valence-corrected chi connectivity index (χ0v) is 9.55. The van der Waals surface area contributed by atoms with Gasteiger partial charge < -0.3 is 11.1 Å². The van der Waals surface area contributed by atoms with Crippen molar-refractivity contribution in [1.29, 1.82) is 0 Å². The van der Waals surface area contributed by atoms with E-state index in [1.165, 1.54) is 0 Å². The number of carbonyl (C=O) groups excluding carboxylic acids is 2. The predicted octanol–water partition coefficient (Wildman–Crippen LogP) is 0.542. The molecular weight excluding hydrogens is 248 g/mol. The normalized spacial score (nSPS) is 26.9. The van der Waals surface area contributed by atoms with Crippen LogP contribution in [0.3, 0.4) is 0 Å². The fourth-order valence-corrected chi connectivity index (χ4v) is 1.95. The molecule has 0 aliphatic heterocycles. The van der Waals surface area contributed by atoms with E-state index in [9.17, 15) is 9.59 Å². The van der Waals surface area contributed by atoms with Crippen molar-refractivity contribution in [2.45, 2.75) is 31.7 Å². The van der Waals surface area contributed by atoms with E-state index in [0.29, 0.717) is 5.33 Å². The van der Waals surface area contributed by atoms with Gasteiger partial charge in [0.2, 0.25) is 11.8 Å². The molecule has 0 radical (unpaired) electrons. The van der Waals surface area contributed by atoms with E-state index in [0.717, 1.165) is 25.7 Å². The third kappa shape index (κ3) is 3.29. The zero-order chi connectivity index (χ0) is 10.6. The summed E-state index contributed by atoms with van der Waals surface area (Å²) in [5.74, 6) is -0.199. The number of alkyl halides is 1. The number of hydrogen-bond acceptors (Lipinski definition) is 2. The monoisotopic (exact) mass is 262 g/mol. The van der Waals surface area contributed by atoms with Crippen molar-refractivity contribution in [3.63, 3.8) is 0 Å². The first-order chi connectivity index (χ1) is 6.63. The Kier molecular flexibility index (Phi) is 4.38. The van der Waals surface area contributed by atoms with Crippen molar-refractivity contribution in [1.82, 2.24) is 5.32 Å². The highest BCUT2D eigenvalue weighted by Crippen LogP contribution is 2.23. The van der Waals surface area contributed by atoms with Gasteiger partial charge in [-0.15, -0.1) is 0 Å². The molecule has 2 amide bonds. The van der Waals surface area contributed by atoms with Gasteiger partial charge in [-0.2, -0.15) is 0 Å².